The van der Waals surface area contributed by atoms with Crippen molar-refractivity contribution in [3.8, 4) is 11.1 Å². The van der Waals surface area contributed by atoms with E-state index in [4.69, 9.17) is 28.8 Å². The third-order valence-corrected chi connectivity index (χ3v) is 2.75. The molecule has 2 aromatic carbocycles. The van der Waals surface area contributed by atoms with Gasteiger partial charge in [0, 0.05) is 10.6 Å². The Bertz CT molecular complexity index is 675. The minimum atomic E-state index is -0.133. The zero-order valence-corrected chi connectivity index (χ0v) is 11.4. The van der Waals surface area contributed by atoms with Gasteiger partial charge in [-0.3, -0.25) is 0 Å². The molecule has 0 saturated heterocycles. The number of hydrogen-bond donors (Lipinski definition) is 3. The van der Waals surface area contributed by atoms with E-state index in [1.165, 1.54) is 0 Å². The molecule has 0 atom stereocenters. The van der Waals surface area contributed by atoms with Crippen LogP contribution in [0.4, 0.5) is 5.69 Å². The van der Waals surface area contributed by atoms with E-state index in [0.29, 0.717) is 10.7 Å². The fraction of sp³-hybridized carbons (Fsp3) is 0. The van der Waals surface area contributed by atoms with Gasteiger partial charge in [-0.05, 0) is 23.8 Å². The van der Waals surface area contributed by atoms with Gasteiger partial charge in [0.15, 0.2) is 5.96 Å². The molecule has 0 unspecified atom stereocenters. The predicted molar refractivity (Wildman–Crippen MR) is 84.0 cm³/mol. The highest BCUT2D eigenvalue weighted by atomic mass is 35.5. The summed E-state index contributed by atoms with van der Waals surface area (Å²) in [5.74, 6) is -0.133. The fourth-order valence-electron chi connectivity index (χ4n) is 1.75. The third kappa shape index (κ3) is 3.49. The molecule has 6 heteroatoms. The van der Waals surface area contributed by atoms with Crippen molar-refractivity contribution >= 4 is 29.2 Å². The van der Waals surface area contributed by atoms with E-state index in [9.17, 15) is 0 Å². The number of para-hydroxylation sites is 1. The summed E-state index contributed by atoms with van der Waals surface area (Å²) in [4.78, 5) is 7.91. The van der Waals surface area contributed by atoms with Gasteiger partial charge >= 0.3 is 0 Å². The van der Waals surface area contributed by atoms with E-state index in [0.717, 1.165) is 11.1 Å². The van der Waals surface area contributed by atoms with Crippen LogP contribution in [0.25, 0.3) is 11.1 Å². The van der Waals surface area contributed by atoms with Crippen molar-refractivity contribution in [2.45, 2.75) is 0 Å². The van der Waals surface area contributed by atoms with Gasteiger partial charge in [-0.15, -0.1) is 0 Å². The lowest BCUT2D eigenvalue weighted by Gasteiger charge is -2.06. The first kappa shape index (κ1) is 13.9. The summed E-state index contributed by atoms with van der Waals surface area (Å²) in [5.41, 5.74) is 18.7. The number of rotatable bonds is 2. The van der Waals surface area contributed by atoms with Gasteiger partial charge in [-0.1, -0.05) is 41.9 Å². The Morgan fingerprint density at radius 3 is 2.40 bits per heavy atom. The molecule has 6 N–H and O–H groups in total. The lowest BCUT2D eigenvalue weighted by atomic mass is 10.0. The molecule has 102 valence electrons. The Kier molecular flexibility index (Phi) is 4.22. The van der Waals surface area contributed by atoms with Gasteiger partial charge in [-0.25, -0.2) is 4.99 Å². The van der Waals surface area contributed by atoms with Crippen LogP contribution in [0.15, 0.2) is 58.5 Å². The minimum Gasteiger partial charge on any atom is -0.370 e. The van der Waals surface area contributed by atoms with Crippen molar-refractivity contribution in [2.75, 3.05) is 0 Å². The van der Waals surface area contributed by atoms with E-state index in [1.807, 2.05) is 48.5 Å². The monoisotopic (exact) mass is 287 g/mol. The summed E-state index contributed by atoms with van der Waals surface area (Å²) in [5, 5.41) is 0.651. The molecule has 0 heterocycles. The summed E-state index contributed by atoms with van der Waals surface area (Å²) in [6, 6.07) is 15.0. The average molecular weight is 288 g/mol. The molecule has 0 aliphatic rings. The van der Waals surface area contributed by atoms with Crippen molar-refractivity contribution in [3.63, 3.8) is 0 Å². The van der Waals surface area contributed by atoms with Crippen LogP contribution < -0.4 is 17.2 Å². The SMILES string of the molecule is NC(N)=NC(N)=Nc1ccccc1-c1cccc(Cl)c1. The van der Waals surface area contributed by atoms with Crippen molar-refractivity contribution < 1.29 is 0 Å². The summed E-state index contributed by atoms with van der Waals surface area (Å²) in [6.07, 6.45) is 0. The number of halogens is 1. The molecule has 5 nitrogen and oxygen atoms in total. The van der Waals surface area contributed by atoms with E-state index in [1.54, 1.807) is 0 Å². The van der Waals surface area contributed by atoms with Crippen molar-refractivity contribution in [1.29, 1.82) is 0 Å². The van der Waals surface area contributed by atoms with Crippen LogP contribution in [0, 0.1) is 0 Å². The smallest absolute Gasteiger partial charge is 0.223 e. The van der Waals surface area contributed by atoms with E-state index in [2.05, 4.69) is 9.98 Å². The number of nitrogens with two attached hydrogens (primary N) is 3. The van der Waals surface area contributed by atoms with Crippen LogP contribution >= 0.6 is 11.6 Å². The van der Waals surface area contributed by atoms with Crippen LogP contribution in [-0.4, -0.2) is 11.9 Å². The van der Waals surface area contributed by atoms with Crippen LogP contribution in [-0.2, 0) is 0 Å². The molecule has 0 spiro atoms. The maximum atomic E-state index is 6.01. The third-order valence-electron chi connectivity index (χ3n) is 2.52. The molecule has 0 aliphatic heterocycles. The maximum Gasteiger partial charge on any atom is 0.223 e. The standard InChI is InChI=1S/C14H14ClN5/c15-10-5-3-4-9(8-10)11-6-1-2-7-12(11)19-14(18)20-13(16)17/h1-8H,(H6,16,17,18,19,20). The first-order valence-electron chi connectivity index (χ1n) is 5.85. The molecule has 0 bridgehead atoms. The van der Waals surface area contributed by atoms with Crippen molar-refractivity contribution in [2.24, 2.45) is 27.2 Å². The van der Waals surface area contributed by atoms with Crippen LogP contribution in [0.3, 0.4) is 0 Å². The van der Waals surface area contributed by atoms with Crippen LogP contribution in [0.5, 0.6) is 0 Å². The molecular formula is C14H14ClN5. The zero-order chi connectivity index (χ0) is 14.5. The molecule has 0 radical (unpaired) electrons. The normalized spacial score (nSPS) is 11.2. The topological polar surface area (TPSA) is 103 Å². The highest BCUT2D eigenvalue weighted by molar-refractivity contribution is 6.30. The van der Waals surface area contributed by atoms with Crippen LogP contribution in [0.1, 0.15) is 0 Å². The largest absolute Gasteiger partial charge is 0.370 e. The second-order valence-corrected chi connectivity index (χ2v) is 4.47. The Morgan fingerprint density at radius 2 is 1.70 bits per heavy atom. The molecule has 0 aliphatic carbocycles. The number of nitrogens with zero attached hydrogens (tertiary/aromatic N) is 2. The molecule has 0 amide bonds. The van der Waals surface area contributed by atoms with Gasteiger partial charge < -0.3 is 17.2 Å². The highest BCUT2D eigenvalue weighted by Gasteiger charge is 2.05. The number of guanidine groups is 2. The van der Waals surface area contributed by atoms with Gasteiger partial charge in [-0.2, -0.15) is 4.99 Å². The van der Waals surface area contributed by atoms with E-state index < -0.39 is 0 Å². The predicted octanol–water partition coefficient (Wildman–Crippen LogP) is 2.23. The Balaban J connectivity index is 2.49. The lowest BCUT2D eigenvalue weighted by molar-refractivity contribution is 1.38. The molecular weight excluding hydrogens is 274 g/mol. The lowest BCUT2D eigenvalue weighted by Crippen LogP contribution is -2.26. The Hall–Kier alpha value is -2.53. The summed E-state index contributed by atoms with van der Waals surface area (Å²) >= 11 is 6.01. The molecule has 2 rings (SSSR count). The summed E-state index contributed by atoms with van der Waals surface area (Å²) < 4.78 is 0. The maximum absolute atomic E-state index is 6.01. The number of benzene rings is 2. The number of aliphatic imine (C=N–C) groups is 2. The van der Waals surface area contributed by atoms with Gasteiger partial charge in [0.1, 0.15) is 0 Å². The highest BCUT2D eigenvalue weighted by Crippen LogP contribution is 2.31. The Labute approximate surface area is 121 Å². The van der Waals surface area contributed by atoms with Gasteiger partial charge in [0.2, 0.25) is 5.96 Å². The molecule has 2 aromatic rings. The number of hydrogen-bond acceptors (Lipinski definition) is 1. The second-order valence-electron chi connectivity index (χ2n) is 4.03. The zero-order valence-electron chi connectivity index (χ0n) is 10.6. The average Bonchev–Trinajstić information content (AvgIpc) is 2.38. The first-order valence-corrected chi connectivity index (χ1v) is 6.23. The Morgan fingerprint density at radius 1 is 0.950 bits per heavy atom. The molecule has 0 saturated carbocycles. The second kappa shape index (κ2) is 6.08. The summed E-state index contributed by atoms with van der Waals surface area (Å²) in [6.45, 7) is 0. The van der Waals surface area contributed by atoms with Crippen molar-refractivity contribution in [1.82, 2.24) is 0 Å². The minimum absolute atomic E-state index is 0.000483. The van der Waals surface area contributed by atoms with Gasteiger partial charge in [0.05, 0.1) is 5.69 Å². The fourth-order valence-corrected chi connectivity index (χ4v) is 1.94. The molecule has 20 heavy (non-hydrogen) atoms. The quantitative estimate of drug-likeness (QED) is 0.583. The van der Waals surface area contributed by atoms with E-state index >= 15 is 0 Å². The van der Waals surface area contributed by atoms with E-state index in [-0.39, 0.29) is 11.9 Å². The van der Waals surface area contributed by atoms with Crippen LogP contribution in [0.2, 0.25) is 5.02 Å². The van der Waals surface area contributed by atoms with Gasteiger partial charge in [0.25, 0.3) is 0 Å². The summed E-state index contributed by atoms with van der Waals surface area (Å²) in [7, 11) is 0. The van der Waals surface area contributed by atoms with Crippen molar-refractivity contribution in [3.05, 3.63) is 53.6 Å². The first-order chi connectivity index (χ1) is 9.56. The molecule has 0 aromatic heterocycles. The molecule has 0 fully saturated rings.